The quantitative estimate of drug-likeness (QED) is 0.217. The molecule has 0 aliphatic heterocycles. The predicted molar refractivity (Wildman–Crippen MR) is 146 cm³/mol. The number of nitrogens with one attached hydrogen (secondary N) is 2. The van der Waals surface area contributed by atoms with Crippen LogP contribution in [0, 0.1) is 3.57 Å². The van der Waals surface area contributed by atoms with E-state index in [0.717, 1.165) is 22.2 Å². The summed E-state index contributed by atoms with van der Waals surface area (Å²) in [5, 5.41) is 5.98. The van der Waals surface area contributed by atoms with E-state index in [4.69, 9.17) is 16.6 Å². The van der Waals surface area contributed by atoms with Crippen molar-refractivity contribution in [3.63, 3.8) is 0 Å². The van der Waals surface area contributed by atoms with Crippen LogP contribution in [0.3, 0.4) is 0 Å². The van der Waals surface area contributed by atoms with Crippen molar-refractivity contribution in [2.75, 3.05) is 23.3 Å². The van der Waals surface area contributed by atoms with Crippen LogP contribution in [0.5, 0.6) is 0 Å². The number of carbonyl (C=O) groups is 1. The Hall–Kier alpha value is -2.98. The second-order valence-corrected chi connectivity index (χ2v) is 8.88. The lowest BCUT2D eigenvalue weighted by molar-refractivity contribution is 0.0977. The molecule has 33 heavy (non-hydrogen) atoms. The molecule has 0 radical (unpaired) electrons. The van der Waals surface area contributed by atoms with E-state index < -0.39 is 0 Å². The van der Waals surface area contributed by atoms with E-state index in [1.165, 1.54) is 5.69 Å². The van der Waals surface area contributed by atoms with Crippen molar-refractivity contribution in [2.45, 2.75) is 13.8 Å². The normalized spacial score (nSPS) is 10.8. The van der Waals surface area contributed by atoms with E-state index in [2.05, 4.69) is 69.1 Å². The average Bonchev–Trinajstić information content (AvgIpc) is 3.24. The first-order chi connectivity index (χ1) is 16.0. The van der Waals surface area contributed by atoms with E-state index in [1.54, 1.807) is 6.07 Å². The third kappa shape index (κ3) is 5.33. The number of hydrogen-bond donors (Lipinski definition) is 2. The van der Waals surface area contributed by atoms with Crippen molar-refractivity contribution in [3.05, 3.63) is 75.9 Å². The zero-order chi connectivity index (χ0) is 23.4. The summed E-state index contributed by atoms with van der Waals surface area (Å²) in [4.78, 5) is 19.4. The van der Waals surface area contributed by atoms with Crippen molar-refractivity contribution in [3.8, 4) is 11.5 Å². The molecule has 0 bridgehead atoms. The van der Waals surface area contributed by atoms with Gasteiger partial charge in [0.15, 0.2) is 10.7 Å². The Labute approximate surface area is 211 Å². The summed E-state index contributed by atoms with van der Waals surface area (Å²) < 4.78 is 6.81. The lowest BCUT2D eigenvalue weighted by atomic mass is 10.2. The predicted octanol–water partition coefficient (Wildman–Crippen LogP) is 6.07. The van der Waals surface area contributed by atoms with Crippen LogP contribution in [0.1, 0.15) is 24.2 Å². The van der Waals surface area contributed by atoms with Gasteiger partial charge in [0.25, 0.3) is 5.91 Å². The van der Waals surface area contributed by atoms with Gasteiger partial charge in [-0.1, -0.05) is 12.1 Å². The zero-order valence-electron chi connectivity index (χ0n) is 18.3. The molecule has 0 aliphatic carbocycles. The van der Waals surface area contributed by atoms with Crippen LogP contribution in [-0.4, -0.2) is 29.1 Å². The topological polar surface area (TPSA) is 70.4 Å². The van der Waals surface area contributed by atoms with Crippen molar-refractivity contribution in [1.82, 2.24) is 10.3 Å². The maximum atomic E-state index is 12.5. The van der Waals surface area contributed by atoms with Gasteiger partial charge in [-0.3, -0.25) is 10.1 Å². The number of benzene rings is 3. The number of nitrogens with zero attached hydrogens (tertiary/aromatic N) is 2. The SMILES string of the molecule is CCN(CC)c1ccc(-c2nc3cc(NC(=S)NC(=O)c4ccccc4I)ccc3o2)cc1. The zero-order valence-corrected chi connectivity index (χ0v) is 21.2. The second-order valence-electron chi connectivity index (χ2n) is 7.31. The molecule has 4 aromatic rings. The lowest BCUT2D eigenvalue weighted by Gasteiger charge is -2.20. The fraction of sp³-hybridized carbons (Fsp3) is 0.160. The molecule has 3 aromatic carbocycles. The Balaban J connectivity index is 1.47. The molecule has 0 unspecified atom stereocenters. The molecule has 4 rings (SSSR count). The van der Waals surface area contributed by atoms with Crippen LogP contribution in [0.2, 0.25) is 0 Å². The molecule has 0 fully saturated rings. The summed E-state index contributed by atoms with van der Waals surface area (Å²) in [6, 6.07) is 21.1. The van der Waals surface area contributed by atoms with Gasteiger partial charge < -0.3 is 14.6 Å². The Bertz CT molecular complexity index is 1300. The molecule has 8 heteroatoms. The van der Waals surface area contributed by atoms with Crippen molar-refractivity contribution < 1.29 is 9.21 Å². The molecule has 1 heterocycles. The maximum Gasteiger partial charge on any atom is 0.258 e. The number of fused-ring (bicyclic) bond motifs is 1. The number of aromatic nitrogens is 1. The van der Waals surface area contributed by atoms with Crippen LogP contribution in [0.4, 0.5) is 11.4 Å². The monoisotopic (exact) mass is 570 g/mol. The molecule has 0 saturated heterocycles. The Kier molecular flexibility index (Phi) is 7.24. The van der Waals surface area contributed by atoms with Gasteiger partial charge in [0.2, 0.25) is 5.89 Å². The second kappa shape index (κ2) is 10.3. The Morgan fingerprint density at radius 2 is 1.79 bits per heavy atom. The highest BCUT2D eigenvalue weighted by molar-refractivity contribution is 14.1. The smallest absolute Gasteiger partial charge is 0.258 e. The number of halogens is 1. The first kappa shape index (κ1) is 23.2. The van der Waals surface area contributed by atoms with Crippen LogP contribution < -0.4 is 15.5 Å². The number of rotatable bonds is 6. The van der Waals surface area contributed by atoms with Gasteiger partial charge >= 0.3 is 0 Å². The minimum atomic E-state index is -0.254. The number of anilines is 2. The van der Waals surface area contributed by atoms with Gasteiger partial charge in [-0.05, 0) is 103 Å². The summed E-state index contributed by atoms with van der Waals surface area (Å²) in [6.07, 6.45) is 0. The summed E-state index contributed by atoms with van der Waals surface area (Å²) >= 11 is 7.45. The van der Waals surface area contributed by atoms with Crippen LogP contribution in [-0.2, 0) is 0 Å². The minimum Gasteiger partial charge on any atom is -0.436 e. The van der Waals surface area contributed by atoms with Gasteiger partial charge in [0.1, 0.15) is 5.52 Å². The van der Waals surface area contributed by atoms with Gasteiger partial charge in [0, 0.05) is 33.6 Å². The summed E-state index contributed by atoms with van der Waals surface area (Å²) in [6.45, 7) is 6.20. The van der Waals surface area contributed by atoms with Crippen LogP contribution in [0.25, 0.3) is 22.6 Å². The molecule has 2 N–H and O–H groups in total. The number of carbonyl (C=O) groups excluding carboxylic acids is 1. The summed E-state index contributed by atoms with van der Waals surface area (Å²) in [7, 11) is 0. The fourth-order valence-electron chi connectivity index (χ4n) is 3.51. The molecule has 0 spiro atoms. The lowest BCUT2D eigenvalue weighted by Crippen LogP contribution is -2.34. The van der Waals surface area contributed by atoms with E-state index >= 15 is 0 Å². The Morgan fingerprint density at radius 1 is 1.06 bits per heavy atom. The summed E-state index contributed by atoms with van der Waals surface area (Å²) in [5.41, 5.74) is 4.76. The molecule has 6 nitrogen and oxygen atoms in total. The number of thiocarbonyl (C=S) groups is 1. The van der Waals surface area contributed by atoms with Crippen LogP contribution in [0.15, 0.2) is 71.1 Å². The summed E-state index contributed by atoms with van der Waals surface area (Å²) in [5.74, 6) is 0.304. The van der Waals surface area contributed by atoms with Crippen molar-refractivity contribution >= 4 is 68.3 Å². The van der Waals surface area contributed by atoms with Gasteiger partial charge in [-0.25, -0.2) is 4.98 Å². The van der Waals surface area contributed by atoms with Gasteiger partial charge in [-0.15, -0.1) is 0 Å². The number of amides is 1. The number of hydrogen-bond acceptors (Lipinski definition) is 5. The first-order valence-corrected chi connectivity index (χ1v) is 12.1. The van der Waals surface area contributed by atoms with Crippen molar-refractivity contribution in [1.29, 1.82) is 0 Å². The average molecular weight is 570 g/mol. The minimum absolute atomic E-state index is 0.217. The highest BCUT2D eigenvalue weighted by Crippen LogP contribution is 2.28. The van der Waals surface area contributed by atoms with Gasteiger partial charge in [0.05, 0.1) is 5.56 Å². The number of oxazole rings is 1. The first-order valence-electron chi connectivity index (χ1n) is 10.6. The third-order valence-electron chi connectivity index (χ3n) is 5.23. The highest BCUT2D eigenvalue weighted by Gasteiger charge is 2.13. The fourth-order valence-corrected chi connectivity index (χ4v) is 4.35. The van der Waals surface area contributed by atoms with Crippen molar-refractivity contribution in [2.24, 2.45) is 0 Å². The maximum absolute atomic E-state index is 12.5. The standard InChI is InChI=1S/C25H23IN4O2S/c1-3-30(4-2)18-12-9-16(10-13-18)24-28-21-15-17(11-14-22(21)32-24)27-25(33)29-23(31)19-7-5-6-8-20(19)26/h5-15H,3-4H2,1-2H3,(H2,27,29,31,33). The molecular weight excluding hydrogens is 547 g/mol. The van der Waals surface area contributed by atoms with E-state index in [-0.39, 0.29) is 11.0 Å². The highest BCUT2D eigenvalue weighted by atomic mass is 127. The molecule has 0 aliphatic rings. The van der Waals surface area contributed by atoms with E-state index in [9.17, 15) is 4.79 Å². The Morgan fingerprint density at radius 3 is 2.48 bits per heavy atom. The molecule has 168 valence electrons. The van der Waals surface area contributed by atoms with E-state index in [1.807, 2.05) is 48.5 Å². The molecule has 1 aromatic heterocycles. The molecule has 0 atom stereocenters. The molecular formula is C25H23IN4O2S. The molecule has 0 saturated carbocycles. The molecule has 1 amide bonds. The van der Waals surface area contributed by atoms with Crippen LogP contribution >= 0.6 is 34.8 Å². The van der Waals surface area contributed by atoms with Gasteiger partial charge in [-0.2, -0.15) is 0 Å². The third-order valence-corrected chi connectivity index (χ3v) is 6.38. The largest absolute Gasteiger partial charge is 0.436 e. The van der Waals surface area contributed by atoms with E-state index in [0.29, 0.717) is 28.2 Å².